The molecule has 0 radical (unpaired) electrons. The molecular formula is C13H28N2O2. The van der Waals surface area contributed by atoms with Crippen LogP contribution in [-0.4, -0.2) is 57.6 Å². The van der Waals surface area contributed by atoms with Crippen LogP contribution in [0, 0.1) is 5.92 Å². The molecule has 4 heteroatoms. The first-order valence-electron chi connectivity index (χ1n) is 6.67. The number of hydrogen-bond acceptors (Lipinski definition) is 4. The number of rotatable bonds is 7. The van der Waals surface area contributed by atoms with Gasteiger partial charge in [0.2, 0.25) is 0 Å². The van der Waals surface area contributed by atoms with Crippen LogP contribution < -0.4 is 5.32 Å². The van der Waals surface area contributed by atoms with Crippen LogP contribution in [0.1, 0.15) is 26.7 Å². The van der Waals surface area contributed by atoms with Gasteiger partial charge in [0.1, 0.15) is 0 Å². The maximum atomic E-state index is 5.26. The molecule has 0 bridgehead atoms. The van der Waals surface area contributed by atoms with E-state index in [2.05, 4.69) is 24.1 Å². The molecule has 0 amide bonds. The third-order valence-corrected chi connectivity index (χ3v) is 3.35. The van der Waals surface area contributed by atoms with Gasteiger partial charge in [-0.2, -0.15) is 0 Å². The van der Waals surface area contributed by atoms with Gasteiger partial charge in [0, 0.05) is 33.4 Å². The molecule has 1 fully saturated rings. The van der Waals surface area contributed by atoms with Crippen LogP contribution in [-0.2, 0) is 9.47 Å². The molecule has 1 N–H and O–H groups in total. The van der Waals surface area contributed by atoms with E-state index in [0.29, 0.717) is 6.04 Å². The molecule has 1 atom stereocenters. The molecule has 0 aromatic rings. The molecule has 0 spiro atoms. The molecule has 1 heterocycles. The van der Waals surface area contributed by atoms with E-state index in [4.69, 9.17) is 9.47 Å². The standard InChI is InChI=1S/C13H28N2O2/c1-11(2)14-8-12-6-5-7-15(9-12)10-13(16-3)17-4/h11-14H,5-10H2,1-4H3. The molecule has 1 saturated heterocycles. The second-order valence-electron chi connectivity index (χ2n) is 5.23. The fourth-order valence-electron chi connectivity index (χ4n) is 2.34. The van der Waals surface area contributed by atoms with Crippen LogP contribution in [0.2, 0.25) is 0 Å². The highest BCUT2D eigenvalue weighted by atomic mass is 16.7. The summed E-state index contributed by atoms with van der Waals surface area (Å²) in [6, 6.07) is 0.580. The predicted octanol–water partition coefficient (Wildman–Crippen LogP) is 1.32. The normalized spacial score (nSPS) is 22.6. The van der Waals surface area contributed by atoms with Crippen LogP contribution in [0.4, 0.5) is 0 Å². The number of nitrogens with zero attached hydrogens (tertiary/aromatic N) is 1. The molecule has 0 aliphatic carbocycles. The minimum atomic E-state index is -0.0909. The Kier molecular flexibility index (Phi) is 7.04. The Balaban J connectivity index is 2.27. The van der Waals surface area contributed by atoms with E-state index < -0.39 is 0 Å². The van der Waals surface area contributed by atoms with E-state index in [0.717, 1.165) is 25.6 Å². The fraction of sp³-hybridized carbons (Fsp3) is 1.00. The lowest BCUT2D eigenvalue weighted by Gasteiger charge is -2.34. The van der Waals surface area contributed by atoms with Crippen molar-refractivity contribution in [1.82, 2.24) is 10.2 Å². The maximum absolute atomic E-state index is 5.26. The summed E-state index contributed by atoms with van der Waals surface area (Å²) in [7, 11) is 3.41. The van der Waals surface area contributed by atoms with E-state index >= 15 is 0 Å². The van der Waals surface area contributed by atoms with Gasteiger partial charge in [-0.05, 0) is 31.8 Å². The molecule has 0 aromatic carbocycles. The van der Waals surface area contributed by atoms with Crippen molar-refractivity contribution >= 4 is 0 Å². The number of methoxy groups -OCH3 is 2. The van der Waals surface area contributed by atoms with Crippen molar-refractivity contribution < 1.29 is 9.47 Å². The molecular weight excluding hydrogens is 216 g/mol. The average Bonchev–Trinajstić information content (AvgIpc) is 2.34. The quantitative estimate of drug-likeness (QED) is 0.685. The Morgan fingerprint density at radius 1 is 1.29 bits per heavy atom. The number of hydrogen-bond donors (Lipinski definition) is 1. The Bertz CT molecular complexity index is 196. The Morgan fingerprint density at radius 3 is 2.59 bits per heavy atom. The first-order chi connectivity index (χ1) is 8.15. The highest BCUT2D eigenvalue weighted by molar-refractivity contribution is 4.75. The number of piperidine rings is 1. The van der Waals surface area contributed by atoms with Crippen LogP contribution >= 0.6 is 0 Å². The summed E-state index contributed by atoms with van der Waals surface area (Å²) in [6.07, 6.45) is 2.53. The van der Waals surface area contributed by atoms with Gasteiger partial charge in [-0.15, -0.1) is 0 Å². The van der Waals surface area contributed by atoms with Gasteiger partial charge < -0.3 is 14.8 Å². The van der Waals surface area contributed by atoms with Gasteiger partial charge in [-0.1, -0.05) is 13.8 Å². The van der Waals surface area contributed by atoms with Crippen molar-refractivity contribution in [3.63, 3.8) is 0 Å². The molecule has 17 heavy (non-hydrogen) atoms. The lowest BCUT2D eigenvalue weighted by atomic mass is 9.98. The van der Waals surface area contributed by atoms with Crippen molar-refractivity contribution in [1.29, 1.82) is 0 Å². The number of nitrogens with one attached hydrogen (secondary N) is 1. The molecule has 4 nitrogen and oxygen atoms in total. The van der Waals surface area contributed by atoms with Gasteiger partial charge in [-0.3, -0.25) is 4.90 Å². The Morgan fingerprint density at radius 2 is 2.00 bits per heavy atom. The fourth-order valence-corrected chi connectivity index (χ4v) is 2.34. The summed E-state index contributed by atoms with van der Waals surface area (Å²) in [5.74, 6) is 0.764. The summed E-state index contributed by atoms with van der Waals surface area (Å²) in [6.45, 7) is 8.73. The predicted molar refractivity (Wildman–Crippen MR) is 70.1 cm³/mol. The van der Waals surface area contributed by atoms with E-state index in [1.807, 2.05) is 0 Å². The monoisotopic (exact) mass is 244 g/mol. The summed E-state index contributed by atoms with van der Waals surface area (Å²) in [4.78, 5) is 2.45. The minimum absolute atomic E-state index is 0.0909. The van der Waals surface area contributed by atoms with Crippen molar-refractivity contribution in [2.45, 2.75) is 39.0 Å². The zero-order valence-electron chi connectivity index (χ0n) is 11.7. The van der Waals surface area contributed by atoms with Crippen LogP contribution in [0.25, 0.3) is 0 Å². The molecule has 1 unspecified atom stereocenters. The SMILES string of the molecule is COC(CN1CCCC(CNC(C)C)C1)OC. The second-order valence-corrected chi connectivity index (χ2v) is 5.23. The van der Waals surface area contributed by atoms with Gasteiger partial charge >= 0.3 is 0 Å². The molecule has 102 valence electrons. The summed E-state index contributed by atoms with van der Waals surface area (Å²) >= 11 is 0. The first kappa shape index (κ1) is 14.9. The van der Waals surface area contributed by atoms with Crippen molar-refractivity contribution in [3.8, 4) is 0 Å². The maximum Gasteiger partial charge on any atom is 0.169 e. The lowest BCUT2D eigenvalue weighted by molar-refractivity contribution is -0.119. The average molecular weight is 244 g/mol. The van der Waals surface area contributed by atoms with Crippen LogP contribution in [0.5, 0.6) is 0 Å². The molecule has 1 rings (SSSR count). The van der Waals surface area contributed by atoms with Crippen molar-refractivity contribution in [2.75, 3.05) is 40.4 Å². The highest BCUT2D eigenvalue weighted by Crippen LogP contribution is 2.16. The Hall–Kier alpha value is -0.160. The van der Waals surface area contributed by atoms with E-state index in [9.17, 15) is 0 Å². The molecule has 0 aromatic heterocycles. The first-order valence-corrected chi connectivity index (χ1v) is 6.67. The van der Waals surface area contributed by atoms with E-state index in [1.54, 1.807) is 14.2 Å². The van der Waals surface area contributed by atoms with Gasteiger partial charge in [0.05, 0.1) is 0 Å². The highest BCUT2D eigenvalue weighted by Gasteiger charge is 2.22. The number of ether oxygens (including phenoxy) is 2. The molecule has 1 aliphatic rings. The molecule has 1 aliphatic heterocycles. The van der Waals surface area contributed by atoms with Crippen molar-refractivity contribution in [2.24, 2.45) is 5.92 Å². The smallest absolute Gasteiger partial charge is 0.169 e. The van der Waals surface area contributed by atoms with Crippen LogP contribution in [0.15, 0.2) is 0 Å². The van der Waals surface area contributed by atoms with Crippen LogP contribution in [0.3, 0.4) is 0 Å². The Labute approximate surface area is 106 Å². The van der Waals surface area contributed by atoms with Gasteiger partial charge in [0.15, 0.2) is 6.29 Å². The third-order valence-electron chi connectivity index (χ3n) is 3.35. The topological polar surface area (TPSA) is 33.7 Å². The van der Waals surface area contributed by atoms with Crippen molar-refractivity contribution in [3.05, 3.63) is 0 Å². The summed E-state index contributed by atoms with van der Waals surface area (Å²) < 4.78 is 10.5. The lowest BCUT2D eigenvalue weighted by Crippen LogP contribution is -2.44. The summed E-state index contributed by atoms with van der Waals surface area (Å²) in [5.41, 5.74) is 0. The van der Waals surface area contributed by atoms with Gasteiger partial charge in [-0.25, -0.2) is 0 Å². The van der Waals surface area contributed by atoms with E-state index in [1.165, 1.54) is 19.4 Å². The zero-order valence-corrected chi connectivity index (χ0v) is 11.7. The largest absolute Gasteiger partial charge is 0.355 e. The molecule has 0 saturated carbocycles. The number of likely N-dealkylation sites (tertiary alicyclic amines) is 1. The van der Waals surface area contributed by atoms with E-state index in [-0.39, 0.29) is 6.29 Å². The zero-order chi connectivity index (χ0) is 12.7. The third kappa shape index (κ3) is 5.82. The second kappa shape index (κ2) is 8.03. The summed E-state index contributed by atoms with van der Waals surface area (Å²) in [5, 5.41) is 3.53. The van der Waals surface area contributed by atoms with Gasteiger partial charge in [0.25, 0.3) is 0 Å². The minimum Gasteiger partial charge on any atom is -0.355 e.